The quantitative estimate of drug-likeness (QED) is 0.585. The van der Waals surface area contributed by atoms with Gasteiger partial charge in [0.15, 0.2) is 0 Å². The lowest BCUT2D eigenvalue weighted by atomic mass is 9.98. The first kappa shape index (κ1) is 11.7. The van der Waals surface area contributed by atoms with Crippen molar-refractivity contribution in [2.24, 2.45) is 0 Å². The number of rotatable bonds is 2. The molecule has 0 N–H and O–H groups in total. The third kappa shape index (κ3) is 2.43. The van der Waals surface area contributed by atoms with E-state index in [9.17, 15) is 0 Å². The topological polar surface area (TPSA) is 0 Å². The van der Waals surface area contributed by atoms with Crippen LogP contribution in [-0.2, 0) is 0 Å². The number of hydrogen-bond donors (Lipinski definition) is 0. The summed E-state index contributed by atoms with van der Waals surface area (Å²) in [5.41, 5.74) is 6.19. The lowest BCUT2D eigenvalue weighted by molar-refractivity contribution is 1.45. The standard InChI is InChI=1S/C19H15/c1-15-7-5-6-10-19(15)18-13-11-17(12-14-18)16-8-3-2-4-9-16/h2-6,8-14H,1H3. The van der Waals surface area contributed by atoms with Gasteiger partial charge in [-0.2, -0.15) is 0 Å². The van der Waals surface area contributed by atoms with E-state index in [4.69, 9.17) is 0 Å². The molecule has 0 aliphatic rings. The molecule has 3 aromatic rings. The van der Waals surface area contributed by atoms with Gasteiger partial charge in [0.05, 0.1) is 0 Å². The molecule has 3 aromatic carbocycles. The molecule has 0 amide bonds. The molecule has 0 bridgehead atoms. The minimum atomic E-state index is 1.19. The van der Waals surface area contributed by atoms with Crippen molar-refractivity contribution >= 4 is 0 Å². The molecule has 0 unspecified atom stereocenters. The fraction of sp³-hybridized carbons (Fsp3) is 0.0526. The maximum atomic E-state index is 3.24. The zero-order valence-corrected chi connectivity index (χ0v) is 10.9. The second-order valence-electron chi connectivity index (χ2n) is 4.65. The number of aryl methyl sites for hydroxylation is 1. The van der Waals surface area contributed by atoms with Crippen molar-refractivity contribution in [3.63, 3.8) is 0 Å². The van der Waals surface area contributed by atoms with Crippen molar-refractivity contribution in [3.8, 4) is 22.3 Å². The van der Waals surface area contributed by atoms with Crippen molar-refractivity contribution in [1.29, 1.82) is 0 Å². The summed E-state index contributed by atoms with van der Waals surface area (Å²) in [6.07, 6.45) is 0. The van der Waals surface area contributed by atoms with Crippen LogP contribution in [0.1, 0.15) is 5.56 Å². The highest BCUT2D eigenvalue weighted by atomic mass is 14.1. The molecule has 1 radical (unpaired) electrons. The Morgan fingerprint density at radius 2 is 1.26 bits per heavy atom. The summed E-state index contributed by atoms with van der Waals surface area (Å²) in [6, 6.07) is 28.5. The summed E-state index contributed by atoms with van der Waals surface area (Å²) in [5.74, 6) is 0. The summed E-state index contributed by atoms with van der Waals surface area (Å²) in [7, 11) is 0. The van der Waals surface area contributed by atoms with Crippen LogP contribution in [-0.4, -0.2) is 0 Å². The Kier molecular flexibility index (Phi) is 3.16. The predicted molar refractivity (Wildman–Crippen MR) is 80.9 cm³/mol. The summed E-state index contributed by atoms with van der Waals surface area (Å²) >= 11 is 0. The molecule has 0 heterocycles. The fourth-order valence-corrected chi connectivity index (χ4v) is 2.31. The van der Waals surface area contributed by atoms with E-state index in [1.54, 1.807) is 0 Å². The zero-order chi connectivity index (χ0) is 13.1. The van der Waals surface area contributed by atoms with Crippen molar-refractivity contribution in [1.82, 2.24) is 0 Å². The first-order valence-electron chi connectivity index (χ1n) is 6.48. The average Bonchev–Trinajstić information content (AvgIpc) is 2.49. The van der Waals surface area contributed by atoms with Crippen LogP contribution >= 0.6 is 0 Å². The molecule has 0 heteroatoms. The summed E-state index contributed by atoms with van der Waals surface area (Å²) in [6.45, 7) is 2.10. The van der Waals surface area contributed by atoms with Gasteiger partial charge in [-0.1, -0.05) is 72.8 Å². The highest BCUT2D eigenvalue weighted by Crippen LogP contribution is 2.26. The number of benzene rings is 3. The fourth-order valence-electron chi connectivity index (χ4n) is 2.31. The summed E-state index contributed by atoms with van der Waals surface area (Å²) in [4.78, 5) is 0. The Labute approximate surface area is 114 Å². The third-order valence-electron chi connectivity index (χ3n) is 3.37. The molecule has 0 atom stereocenters. The van der Waals surface area contributed by atoms with Gasteiger partial charge in [0.2, 0.25) is 0 Å². The highest BCUT2D eigenvalue weighted by molar-refractivity contribution is 5.71. The second-order valence-corrected chi connectivity index (χ2v) is 4.65. The lowest BCUT2D eigenvalue weighted by Crippen LogP contribution is -1.83. The van der Waals surface area contributed by atoms with E-state index in [2.05, 4.69) is 67.6 Å². The van der Waals surface area contributed by atoms with Gasteiger partial charge in [-0.25, -0.2) is 0 Å². The van der Waals surface area contributed by atoms with Gasteiger partial charge in [0.25, 0.3) is 0 Å². The maximum absolute atomic E-state index is 3.24. The summed E-state index contributed by atoms with van der Waals surface area (Å²) in [5, 5.41) is 0. The molecule has 0 nitrogen and oxygen atoms in total. The van der Waals surface area contributed by atoms with Gasteiger partial charge in [0.1, 0.15) is 0 Å². The molecule has 3 rings (SSSR count). The van der Waals surface area contributed by atoms with Crippen molar-refractivity contribution < 1.29 is 0 Å². The first-order valence-corrected chi connectivity index (χ1v) is 6.48. The molecular formula is C19H15. The molecule has 0 aromatic heterocycles. The van der Waals surface area contributed by atoms with Crippen LogP contribution in [0.15, 0.2) is 72.8 Å². The number of hydrogen-bond acceptors (Lipinski definition) is 0. The van der Waals surface area contributed by atoms with E-state index in [0.717, 1.165) is 0 Å². The molecular weight excluding hydrogens is 228 g/mol. The van der Waals surface area contributed by atoms with Crippen LogP contribution in [0.3, 0.4) is 0 Å². The Morgan fingerprint density at radius 1 is 0.632 bits per heavy atom. The smallest absolute Gasteiger partial charge is 0.0146 e. The van der Waals surface area contributed by atoms with Crippen molar-refractivity contribution in [3.05, 3.63) is 84.4 Å². The minimum absolute atomic E-state index is 1.19. The maximum Gasteiger partial charge on any atom is -0.0146 e. The van der Waals surface area contributed by atoms with Gasteiger partial charge >= 0.3 is 0 Å². The Bertz CT molecular complexity index is 664. The molecule has 0 aliphatic heterocycles. The van der Waals surface area contributed by atoms with E-state index in [0.29, 0.717) is 0 Å². The Hall–Kier alpha value is -2.34. The Morgan fingerprint density at radius 3 is 1.95 bits per heavy atom. The Balaban J connectivity index is 1.98. The normalized spacial score (nSPS) is 10.4. The van der Waals surface area contributed by atoms with E-state index in [1.807, 2.05) is 18.2 Å². The monoisotopic (exact) mass is 243 g/mol. The van der Waals surface area contributed by atoms with Crippen LogP contribution in [0.25, 0.3) is 22.3 Å². The lowest BCUT2D eigenvalue weighted by Gasteiger charge is -2.07. The molecule has 0 saturated heterocycles. The van der Waals surface area contributed by atoms with E-state index in [1.165, 1.54) is 27.8 Å². The largest absolute Gasteiger partial charge is 0.0622 e. The van der Waals surface area contributed by atoms with Crippen LogP contribution < -0.4 is 0 Å². The molecule has 19 heavy (non-hydrogen) atoms. The second kappa shape index (κ2) is 5.11. The zero-order valence-electron chi connectivity index (χ0n) is 10.9. The highest BCUT2D eigenvalue weighted by Gasteiger charge is 2.02. The molecule has 0 fully saturated rings. The van der Waals surface area contributed by atoms with E-state index >= 15 is 0 Å². The van der Waals surface area contributed by atoms with E-state index < -0.39 is 0 Å². The molecule has 0 spiro atoms. The molecule has 0 saturated carbocycles. The molecule has 0 aliphatic carbocycles. The van der Waals surface area contributed by atoms with Gasteiger partial charge in [-0.05, 0) is 40.8 Å². The average molecular weight is 243 g/mol. The van der Waals surface area contributed by atoms with Gasteiger partial charge < -0.3 is 0 Å². The van der Waals surface area contributed by atoms with Crippen LogP contribution in [0.5, 0.6) is 0 Å². The van der Waals surface area contributed by atoms with Gasteiger partial charge in [0, 0.05) is 0 Å². The third-order valence-corrected chi connectivity index (χ3v) is 3.37. The van der Waals surface area contributed by atoms with Crippen molar-refractivity contribution in [2.75, 3.05) is 0 Å². The van der Waals surface area contributed by atoms with E-state index in [-0.39, 0.29) is 0 Å². The van der Waals surface area contributed by atoms with Crippen molar-refractivity contribution in [2.45, 2.75) is 6.92 Å². The first-order chi connectivity index (χ1) is 9.34. The van der Waals surface area contributed by atoms with Crippen LogP contribution in [0.4, 0.5) is 0 Å². The minimum Gasteiger partial charge on any atom is -0.0622 e. The predicted octanol–water partition coefficient (Wildman–Crippen LogP) is 5.13. The summed E-state index contributed by atoms with van der Waals surface area (Å²) < 4.78 is 0. The van der Waals surface area contributed by atoms with Gasteiger partial charge in [-0.3, -0.25) is 0 Å². The van der Waals surface area contributed by atoms with Crippen LogP contribution in [0, 0.1) is 13.0 Å². The SMILES string of the molecule is Cc1[c]cccc1-c1ccc(-c2ccccc2)cc1. The van der Waals surface area contributed by atoms with Crippen LogP contribution in [0.2, 0.25) is 0 Å². The van der Waals surface area contributed by atoms with Gasteiger partial charge in [-0.15, -0.1) is 0 Å². The molecule has 91 valence electrons.